The summed E-state index contributed by atoms with van der Waals surface area (Å²) >= 11 is 0. The number of benzene rings is 4. The summed E-state index contributed by atoms with van der Waals surface area (Å²) in [6.45, 7) is 11.0. The van der Waals surface area contributed by atoms with Gasteiger partial charge in [0.1, 0.15) is 0 Å². The zero-order valence-electron chi connectivity index (χ0n) is 29.9. The van der Waals surface area contributed by atoms with Gasteiger partial charge in [0.25, 0.3) is 0 Å². The monoisotopic (exact) mass is 698 g/mol. The first kappa shape index (κ1) is 40.2. The molecule has 0 N–H and O–H groups in total. The van der Waals surface area contributed by atoms with Gasteiger partial charge in [0.15, 0.2) is 0 Å². The molecule has 0 bridgehead atoms. The van der Waals surface area contributed by atoms with Crippen LogP contribution in [0.4, 0.5) is 0 Å². The largest absolute Gasteiger partial charge is 4.00 e. The van der Waals surface area contributed by atoms with Crippen LogP contribution < -0.4 is 0 Å². The molecule has 0 radical (unpaired) electrons. The number of fused-ring (bicyclic) bond motifs is 2. The SMILES string of the molecule is CCCCCCCCCC[C-](C)C.Cc1cc2c(-c3ccccc3)cccc2[cH-]1.Cc1cc2c(-c3ccccc3)cccc2[cH-]1.[CH3-].[Zr+4]. The summed E-state index contributed by atoms with van der Waals surface area (Å²) < 4.78 is 0. The molecule has 0 unspecified atom stereocenters. The van der Waals surface area contributed by atoms with E-state index in [2.05, 4.69) is 156 Å². The van der Waals surface area contributed by atoms with Crippen molar-refractivity contribution >= 4 is 21.5 Å². The quantitative estimate of drug-likeness (QED) is 0.0933. The Kier molecular flexibility index (Phi) is 18.6. The van der Waals surface area contributed by atoms with Gasteiger partial charge in [-0.3, -0.25) is 0 Å². The summed E-state index contributed by atoms with van der Waals surface area (Å²) in [5.74, 6) is 1.59. The predicted octanol–water partition coefficient (Wildman–Crippen LogP) is 14.6. The molecule has 0 saturated carbocycles. The van der Waals surface area contributed by atoms with Gasteiger partial charge in [-0.05, 0) is 11.1 Å². The van der Waals surface area contributed by atoms with Crippen LogP contribution in [0.5, 0.6) is 0 Å². The minimum Gasteiger partial charge on any atom is -0.358 e. The number of aryl methyl sites for hydroxylation is 2. The average Bonchev–Trinajstić information content (AvgIpc) is 3.64. The van der Waals surface area contributed by atoms with Gasteiger partial charge < -0.3 is 13.3 Å². The molecule has 0 aliphatic heterocycles. The molecule has 6 aromatic rings. The Morgan fingerprint density at radius 1 is 0.511 bits per heavy atom. The third-order valence-electron chi connectivity index (χ3n) is 8.49. The van der Waals surface area contributed by atoms with Crippen LogP contribution in [-0.2, 0) is 26.2 Å². The van der Waals surface area contributed by atoms with Crippen LogP contribution in [0.25, 0.3) is 43.8 Å². The van der Waals surface area contributed by atoms with Crippen molar-refractivity contribution in [3.8, 4) is 22.3 Å². The third kappa shape index (κ3) is 12.8. The smallest absolute Gasteiger partial charge is 0.358 e. The van der Waals surface area contributed by atoms with E-state index in [1.165, 1.54) is 113 Å². The van der Waals surface area contributed by atoms with E-state index < -0.39 is 0 Å². The second kappa shape index (κ2) is 21.8. The van der Waals surface area contributed by atoms with Gasteiger partial charge >= 0.3 is 26.2 Å². The summed E-state index contributed by atoms with van der Waals surface area (Å²) in [4.78, 5) is 0. The normalized spacial score (nSPS) is 10.4. The van der Waals surface area contributed by atoms with Crippen LogP contribution in [0.3, 0.4) is 0 Å². The fraction of sp³-hybridized carbons (Fsp3) is 0.304. The van der Waals surface area contributed by atoms with Crippen LogP contribution in [0, 0.1) is 27.2 Å². The Hall–Kier alpha value is -3.02. The van der Waals surface area contributed by atoms with Crippen LogP contribution in [0.1, 0.15) is 89.7 Å². The standard InChI is InChI=1S/2C16H13.C13H27.CH3.Zr/c2*1-12-10-14-8-5-9-15(16(14)11-12)13-6-3-2-4-7-13;1-4-5-6-7-8-9-10-11-12-13(2)3;;/h2*2-11H,1H3;4-12H2,1-3H3;1H3;/q4*-1;+4. The van der Waals surface area contributed by atoms with Gasteiger partial charge in [-0.25, -0.2) is 0 Å². The molecule has 0 heterocycles. The second-order valence-corrected chi connectivity index (χ2v) is 12.8. The van der Waals surface area contributed by atoms with E-state index in [0.29, 0.717) is 0 Å². The number of rotatable bonds is 11. The van der Waals surface area contributed by atoms with Crippen molar-refractivity contribution in [1.82, 2.24) is 0 Å². The number of unbranched alkanes of at least 4 members (excludes halogenated alkanes) is 7. The average molecular weight is 700 g/mol. The van der Waals surface area contributed by atoms with Gasteiger partial charge in [-0.2, -0.15) is 32.4 Å². The molecule has 0 aliphatic carbocycles. The molecule has 0 saturated heterocycles. The van der Waals surface area contributed by atoms with Crippen molar-refractivity contribution in [2.75, 3.05) is 0 Å². The molecule has 0 aliphatic rings. The maximum Gasteiger partial charge on any atom is 4.00 e. The molecule has 0 aromatic heterocycles. The van der Waals surface area contributed by atoms with Gasteiger partial charge in [0.05, 0.1) is 0 Å². The predicted molar refractivity (Wildman–Crippen MR) is 208 cm³/mol. The zero-order chi connectivity index (χ0) is 31.9. The molecule has 0 atom stereocenters. The van der Waals surface area contributed by atoms with Gasteiger partial charge in [0.2, 0.25) is 0 Å². The first-order chi connectivity index (χ1) is 22.0. The summed E-state index contributed by atoms with van der Waals surface area (Å²) in [5, 5.41) is 5.37. The molecule has 6 rings (SSSR count). The van der Waals surface area contributed by atoms with Crippen molar-refractivity contribution in [3.63, 3.8) is 0 Å². The fourth-order valence-corrected chi connectivity index (χ4v) is 6.12. The fourth-order valence-electron chi connectivity index (χ4n) is 6.12. The van der Waals surface area contributed by atoms with Crippen LogP contribution in [-0.4, -0.2) is 0 Å². The minimum atomic E-state index is 0. The van der Waals surface area contributed by atoms with E-state index in [1.807, 2.05) is 0 Å². The Morgan fingerprint density at radius 2 is 0.915 bits per heavy atom. The molecule has 47 heavy (non-hydrogen) atoms. The molecular weight excluding hydrogens is 644 g/mol. The maximum atomic E-state index is 2.28. The molecule has 0 spiro atoms. The molecule has 1 heteroatoms. The van der Waals surface area contributed by atoms with Crippen molar-refractivity contribution < 1.29 is 26.2 Å². The third-order valence-corrected chi connectivity index (χ3v) is 8.49. The van der Waals surface area contributed by atoms with E-state index in [1.54, 1.807) is 5.92 Å². The van der Waals surface area contributed by atoms with Crippen molar-refractivity contribution in [2.24, 2.45) is 0 Å². The molecule has 0 nitrogen and oxygen atoms in total. The number of hydrogen-bond donors (Lipinski definition) is 0. The van der Waals surface area contributed by atoms with Gasteiger partial charge in [-0.1, -0.05) is 156 Å². The summed E-state index contributed by atoms with van der Waals surface area (Å²) in [5.41, 5.74) is 7.89. The Labute approximate surface area is 306 Å². The molecule has 244 valence electrons. The van der Waals surface area contributed by atoms with E-state index in [-0.39, 0.29) is 33.6 Å². The van der Waals surface area contributed by atoms with E-state index in [0.717, 1.165) is 0 Å². The molecule has 0 fully saturated rings. The maximum absolute atomic E-state index is 2.28. The van der Waals surface area contributed by atoms with Gasteiger partial charge in [-0.15, -0.1) is 69.1 Å². The minimum absolute atomic E-state index is 0. The van der Waals surface area contributed by atoms with Crippen LogP contribution >= 0.6 is 0 Å². The topological polar surface area (TPSA) is 0 Å². The van der Waals surface area contributed by atoms with Crippen LogP contribution in [0.2, 0.25) is 0 Å². The van der Waals surface area contributed by atoms with Crippen molar-refractivity contribution in [3.05, 3.63) is 146 Å². The molecule has 0 amide bonds. The first-order valence-corrected chi connectivity index (χ1v) is 17.2. The van der Waals surface area contributed by atoms with Crippen molar-refractivity contribution in [2.45, 2.75) is 92.4 Å². The van der Waals surface area contributed by atoms with E-state index >= 15 is 0 Å². The Morgan fingerprint density at radius 3 is 1.32 bits per heavy atom. The second-order valence-electron chi connectivity index (χ2n) is 12.8. The van der Waals surface area contributed by atoms with E-state index in [4.69, 9.17) is 0 Å². The summed E-state index contributed by atoms with van der Waals surface area (Å²) in [6.07, 6.45) is 12.8. The Bertz CT molecular complexity index is 1550. The van der Waals surface area contributed by atoms with Gasteiger partial charge in [0, 0.05) is 0 Å². The molecule has 6 aromatic carbocycles. The van der Waals surface area contributed by atoms with Crippen LogP contribution in [0.15, 0.2) is 121 Å². The number of hydrogen-bond acceptors (Lipinski definition) is 0. The van der Waals surface area contributed by atoms with E-state index in [9.17, 15) is 0 Å². The molecular formula is C46H56Zr. The zero-order valence-corrected chi connectivity index (χ0v) is 32.4. The summed E-state index contributed by atoms with van der Waals surface area (Å²) in [7, 11) is 0. The first-order valence-electron chi connectivity index (χ1n) is 17.2. The Balaban J connectivity index is 0.000000242. The van der Waals surface area contributed by atoms with Crippen molar-refractivity contribution in [1.29, 1.82) is 0 Å². The summed E-state index contributed by atoms with van der Waals surface area (Å²) in [6, 6.07) is 43.1.